The second-order valence-corrected chi connectivity index (χ2v) is 10.8. The van der Waals surface area contributed by atoms with Gasteiger partial charge in [0.1, 0.15) is 22.3 Å². The van der Waals surface area contributed by atoms with Crippen LogP contribution in [0.4, 0.5) is 22.5 Å². The van der Waals surface area contributed by atoms with E-state index in [4.69, 9.17) is 11.6 Å². The van der Waals surface area contributed by atoms with Gasteiger partial charge in [-0.25, -0.2) is 15.0 Å². The predicted octanol–water partition coefficient (Wildman–Crippen LogP) is 5.33. The first-order valence-corrected chi connectivity index (χ1v) is 13.8. The Kier molecular flexibility index (Phi) is 8.04. The van der Waals surface area contributed by atoms with E-state index in [2.05, 4.69) is 36.2 Å². The smallest absolute Gasteiger partial charge is 0.267 e. The third-order valence-electron chi connectivity index (χ3n) is 6.33. The minimum Gasteiger partial charge on any atom is -0.366 e. The van der Waals surface area contributed by atoms with Crippen LogP contribution in [0.3, 0.4) is 0 Å². The van der Waals surface area contributed by atoms with Gasteiger partial charge in [0.15, 0.2) is 5.13 Å². The van der Waals surface area contributed by atoms with Gasteiger partial charge in [0.2, 0.25) is 11.8 Å². The molecule has 1 atom stereocenters. The maximum Gasteiger partial charge on any atom is 0.267 e. The molecule has 40 heavy (non-hydrogen) atoms. The van der Waals surface area contributed by atoms with Crippen molar-refractivity contribution in [2.75, 3.05) is 16.0 Å². The van der Waals surface area contributed by atoms with Crippen molar-refractivity contribution in [2.45, 2.75) is 39.2 Å². The highest BCUT2D eigenvalue weighted by atomic mass is 35.5. The van der Waals surface area contributed by atoms with Crippen LogP contribution in [0, 0.1) is 13.8 Å². The van der Waals surface area contributed by atoms with Gasteiger partial charge < -0.3 is 16.0 Å². The summed E-state index contributed by atoms with van der Waals surface area (Å²) in [5, 5.41) is 12.7. The van der Waals surface area contributed by atoms with E-state index < -0.39 is 0 Å². The van der Waals surface area contributed by atoms with Crippen LogP contribution in [0.1, 0.15) is 50.9 Å². The Morgan fingerprint density at radius 2 is 1.90 bits per heavy atom. The number of aromatic nitrogens is 3. The quantitative estimate of drug-likeness (QED) is 0.207. The summed E-state index contributed by atoms with van der Waals surface area (Å²) in [4.78, 5) is 50.1. The average molecular weight is 576 g/mol. The molecule has 4 N–H and O–H groups in total. The van der Waals surface area contributed by atoms with Crippen molar-refractivity contribution in [1.82, 2.24) is 20.3 Å². The number of para-hydroxylation sites is 1. The Bertz CT molecular complexity index is 1590. The average Bonchev–Trinajstić information content (AvgIpc) is 3.38. The van der Waals surface area contributed by atoms with E-state index in [0.717, 1.165) is 16.7 Å². The molecule has 0 bridgehead atoms. The lowest BCUT2D eigenvalue weighted by atomic mass is 9.89. The SMILES string of the molecule is Cc1nc(NCc2cccc(C3CCC(=O)NC3=O)c2)cc(Nc2ncc(C(=O)Nc3c(C)cccc3Cl)s2)n1. The summed E-state index contributed by atoms with van der Waals surface area (Å²) in [6.45, 7) is 4.13. The third kappa shape index (κ3) is 6.44. The van der Waals surface area contributed by atoms with E-state index in [9.17, 15) is 14.4 Å². The van der Waals surface area contributed by atoms with Crippen molar-refractivity contribution < 1.29 is 14.4 Å². The van der Waals surface area contributed by atoms with Crippen molar-refractivity contribution in [1.29, 1.82) is 0 Å². The van der Waals surface area contributed by atoms with Gasteiger partial charge in [-0.1, -0.05) is 59.3 Å². The molecule has 1 aliphatic rings. The monoisotopic (exact) mass is 575 g/mol. The van der Waals surface area contributed by atoms with E-state index in [-0.39, 0.29) is 23.6 Å². The molecule has 0 radical (unpaired) electrons. The Morgan fingerprint density at radius 3 is 2.70 bits per heavy atom. The second kappa shape index (κ2) is 11.8. The number of piperidine rings is 1. The van der Waals surface area contributed by atoms with E-state index in [1.807, 2.05) is 43.3 Å². The number of nitrogens with one attached hydrogen (secondary N) is 4. The molecule has 3 amide bonds. The third-order valence-corrected chi connectivity index (χ3v) is 7.56. The predicted molar refractivity (Wildman–Crippen MR) is 155 cm³/mol. The molecule has 1 aliphatic heterocycles. The molecule has 0 saturated carbocycles. The molecule has 0 aliphatic carbocycles. The Hall–Kier alpha value is -4.35. The van der Waals surface area contributed by atoms with Crippen molar-refractivity contribution in [2.24, 2.45) is 0 Å². The van der Waals surface area contributed by atoms with E-state index >= 15 is 0 Å². The molecular weight excluding hydrogens is 550 g/mol. The van der Waals surface area contributed by atoms with Crippen LogP contribution in [0.5, 0.6) is 0 Å². The summed E-state index contributed by atoms with van der Waals surface area (Å²) in [6.07, 6.45) is 2.33. The summed E-state index contributed by atoms with van der Waals surface area (Å²) >= 11 is 7.43. The number of carbonyl (C=O) groups is 3. The first-order valence-electron chi connectivity index (χ1n) is 12.6. The molecular formula is C28H26ClN7O3S. The summed E-state index contributed by atoms with van der Waals surface area (Å²) in [7, 11) is 0. The molecule has 5 rings (SSSR count). The zero-order chi connectivity index (χ0) is 28.2. The van der Waals surface area contributed by atoms with Crippen molar-refractivity contribution in [3.05, 3.63) is 87.1 Å². The summed E-state index contributed by atoms with van der Waals surface area (Å²) < 4.78 is 0. The number of rotatable bonds is 8. The number of carbonyl (C=O) groups excluding carboxylic acids is 3. The van der Waals surface area contributed by atoms with Gasteiger partial charge >= 0.3 is 0 Å². The normalized spacial score (nSPS) is 14.9. The lowest BCUT2D eigenvalue weighted by Gasteiger charge is -2.21. The number of halogens is 1. The van der Waals surface area contributed by atoms with Crippen molar-refractivity contribution in [3.63, 3.8) is 0 Å². The van der Waals surface area contributed by atoms with E-state index in [0.29, 0.717) is 57.6 Å². The standard InChI is InChI=1S/C28H26ClN7O3S/c1-15-5-3-8-20(29)25(15)36-27(39)21-14-31-28(40-21)34-23-12-22(32-16(2)33-23)30-13-17-6-4-7-18(11-17)19-9-10-24(37)35-26(19)38/h3-8,11-12,14,19H,9-10,13H2,1-2H3,(H,36,39)(H,35,37,38)(H2,30,31,32,33,34). The Morgan fingerprint density at radius 1 is 1.10 bits per heavy atom. The molecule has 1 saturated heterocycles. The molecule has 2 aromatic heterocycles. The highest BCUT2D eigenvalue weighted by Gasteiger charge is 2.27. The number of hydrogen-bond donors (Lipinski definition) is 4. The number of aryl methyl sites for hydroxylation is 2. The second-order valence-electron chi connectivity index (χ2n) is 9.33. The number of imide groups is 1. The van der Waals surface area contributed by atoms with Crippen LogP contribution < -0.4 is 21.3 Å². The Labute approximate surface area is 239 Å². The van der Waals surface area contributed by atoms with Crippen LogP contribution in [0.15, 0.2) is 54.7 Å². The zero-order valence-electron chi connectivity index (χ0n) is 21.7. The highest BCUT2D eigenvalue weighted by molar-refractivity contribution is 7.17. The van der Waals surface area contributed by atoms with Gasteiger partial charge in [-0.3, -0.25) is 19.7 Å². The van der Waals surface area contributed by atoms with Crippen LogP contribution in [0.2, 0.25) is 5.02 Å². The van der Waals surface area contributed by atoms with Crippen LogP contribution in [0.25, 0.3) is 0 Å². The number of nitrogens with zero attached hydrogens (tertiary/aromatic N) is 3. The summed E-state index contributed by atoms with van der Waals surface area (Å²) in [5.74, 6) is 0.544. The maximum absolute atomic E-state index is 12.8. The van der Waals surface area contributed by atoms with Gasteiger partial charge in [-0.05, 0) is 43.0 Å². The fraction of sp³-hybridized carbons (Fsp3) is 0.214. The summed E-state index contributed by atoms with van der Waals surface area (Å²) in [6, 6.07) is 14.9. The molecule has 12 heteroatoms. The number of thiazole rings is 1. The number of anilines is 4. The van der Waals surface area contributed by atoms with Crippen molar-refractivity contribution in [3.8, 4) is 0 Å². The van der Waals surface area contributed by atoms with E-state index in [1.54, 1.807) is 19.1 Å². The number of hydrogen-bond acceptors (Lipinski definition) is 9. The molecule has 1 fully saturated rings. The largest absolute Gasteiger partial charge is 0.366 e. The van der Waals surface area contributed by atoms with Gasteiger partial charge in [0.25, 0.3) is 5.91 Å². The first kappa shape index (κ1) is 27.2. The molecule has 10 nitrogen and oxygen atoms in total. The fourth-order valence-corrected chi connectivity index (χ4v) is 5.35. The topological polar surface area (TPSA) is 138 Å². The first-order chi connectivity index (χ1) is 19.2. The molecule has 204 valence electrons. The minimum atomic E-state index is -0.339. The lowest BCUT2D eigenvalue weighted by Crippen LogP contribution is -2.39. The van der Waals surface area contributed by atoms with Crippen molar-refractivity contribution >= 4 is 63.1 Å². The molecule has 2 aromatic carbocycles. The zero-order valence-corrected chi connectivity index (χ0v) is 23.3. The van der Waals surface area contributed by atoms with Crippen LogP contribution in [-0.2, 0) is 16.1 Å². The molecule has 3 heterocycles. The van der Waals surface area contributed by atoms with Gasteiger partial charge in [-0.15, -0.1) is 0 Å². The Balaban J connectivity index is 1.23. The van der Waals surface area contributed by atoms with Gasteiger partial charge in [-0.2, -0.15) is 0 Å². The fourth-order valence-electron chi connectivity index (χ4n) is 4.36. The minimum absolute atomic E-state index is 0.230. The summed E-state index contributed by atoms with van der Waals surface area (Å²) in [5.41, 5.74) is 3.28. The number of amides is 3. The highest BCUT2D eigenvalue weighted by Crippen LogP contribution is 2.29. The lowest BCUT2D eigenvalue weighted by molar-refractivity contribution is -0.134. The molecule has 4 aromatic rings. The van der Waals surface area contributed by atoms with Gasteiger partial charge in [0.05, 0.1) is 22.8 Å². The van der Waals surface area contributed by atoms with Gasteiger partial charge in [0, 0.05) is 19.0 Å². The maximum atomic E-state index is 12.8. The van der Waals surface area contributed by atoms with E-state index in [1.165, 1.54) is 17.5 Å². The molecule has 0 spiro atoms. The van der Waals surface area contributed by atoms with Crippen LogP contribution >= 0.6 is 22.9 Å². The van der Waals surface area contributed by atoms with Crippen LogP contribution in [-0.4, -0.2) is 32.7 Å². The number of benzene rings is 2. The molecule has 1 unspecified atom stereocenters.